The van der Waals surface area contributed by atoms with E-state index in [4.69, 9.17) is 0 Å². The minimum absolute atomic E-state index is 0.0753. The number of benzene rings is 2. The van der Waals surface area contributed by atoms with Crippen molar-refractivity contribution in [3.05, 3.63) is 69.8 Å². The van der Waals surface area contributed by atoms with Gasteiger partial charge >= 0.3 is 0 Å². The molecular formula is C21H24N6O2. The van der Waals surface area contributed by atoms with Gasteiger partial charge in [0.15, 0.2) is 5.96 Å². The molecule has 3 rings (SSSR count). The van der Waals surface area contributed by atoms with Gasteiger partial charge in [0.05, 0.1) is 16.2 Å². The second-order valence-corrected chi connectivity index (χ2v) is 6.91. The number of hydrogen-bond acceptors (Lipinski definition) is 5. The first-order chi connectivity index (χ1) is 14.1. The molecule has 1 saturated heterocycles. The Hall–Kier alpha value is -3.60. The zero-order valence-corrected chi connectivity index (χ0v) is 16.3. The summed E-state index contributed by atoms with van der Waals surface area (Å²) in [5.41, 5.74) is 2.53. The molecule has 1 fully saturated rings. The number of nitriles is 1. The fourth-order valence-corrected chi connectivity index (χ4v) is 3.51. The van der Waals surface area contributed by atoms with E-state index in [2.05, 4.69) is 26.6 Å². The molecule has 1 aliphatic heterocycles. The standard InChI is InChI=1S/C21H24N6O2/c1-23-21(24-14-16-6-4-9-19(12-16)27(28)29)25-18-8-5-11-26(15-18)20-10-3-2-7-17(20)13-22/h2-4,6-7,9-10,12,18H,5,8,11,14-15H2,1H3,(H2,23,24,25). The van der Waals surface area contributed by atoms with Gasteiger partial charge < -0.3 is 15.5 Å². The highest BCUT2D eigenvalue weighted by atomic mass is 16.6. The second kappa shape index (κ2) is 9.55. The summed E-state index contributed by atoms with van der Waals surface area (Å²) in [4.78, 5) is 17.0. The number of para-hydroxylation sites is 1. The first-order valence-electron chi connectivity index (χ1n) is 9.55. The molecule has 0 radical (unpaired) electrons. The van der Waals surface area contributed by atoms with E-state index in [1.807, 2.05) is 30.3 Å². The Balaban J connectivity index is 1.60. The molecule has 1 atom stereocenters. The molecule has 8 heteroatoms. The number of nitro benzene ring substituents is 1. The fraction of sp³-hybridized carbons (Fsp3) is 0.333. The topological polar surface area (TPSA) is 107 Å². The predicted molar refractivity (Wildman–Crippen MR) is 113 cm³/mol. The molecule has 0 spiro atoms. The summed E-state index contributed by atoms with van der Waals surface area (Å²) >= 11 is 0. The molecule has 2 N–H and O–H groups in total. The molecule has 2 aromatic carbocycles. The third kappa shape index (κ3) is 5.23. The van der Waals surface area contributed by atoms with Crippen LogP contribution in [-0.4, -0.2) is 37.1 Å². The van der Waals surface area contributed by atoms with Crippen LogP contribution < -0.4 is 15.5 Å². The Morgan fingerprint density at radius 2 is 2.17 bits per heavy atom. The van der Waals surface area contributed by atoms with Gasteiger partial charge in [-0.05, 0) is 30.5 Å². The maximum Gasteiger partial charge on any atom is 0.269 e. The first-order valence-corrected chi connectivity index (χ1v) is 9.55. The van der Waals surface area contributed by atoms with E-state index in [1.54, 1.807) is 19.2 Å². The first kappa shape index (κ1) is 20.1. The lowest BCUT2D eigenvalue weighted by atomic mass is 10.0. The predicted octanol–water partition coefficient (Wildman–Crippen LogP) is 2.80. The highest BCUT2D eigenvalue weighted by Crippen LogP contribution is 2.23. The van der Waals surface area contributed by atoms with Crippen LogP contribution in [0.1, 0.15) is 24.0 Å². The number of hydrogen-bond donors (Lipinski definition) is 2. The monoisotopic (exact) mass is 392 g/mol. The second-order valence-electron chi connectivity index (χ2n) is 6.91. The molecule has 1 unspecified atom stereocenters. The summed E-state index contributed by atoms with van der Waals surface area (Å²) in [6.07, 6.45) is 2.02. The van der Waals surface area contributed by atoms with Crippen molar-refractivity contribution in [3.8, 4) is 6.07 Å². The molecule has 1 heterocycles. The SMILES string of the molecule is CN=C(NCc1cccc([N+](=O)[O-])c1)NC1CCCN(c2ccccc2C#N)C1. The summed E-state index contributed by atoms with van der Waals surface area (Å²) in [5.74, 6) is 0.650. The molecule has 150 valence electrons. The molecule has 0 aromatic heterocycles. The van der Waals surface area contributed by atoms with Crippen LogP contribution in [0, 0.1) is 21.4 Å². The van der Waals surface area contributed by atoms with Gasteiger partial charge in [-0.2, -0.15) is 5.26 Å². The van der Waals surface area contributed by atoms with Gasteiger partial charge in [-0.25, -0.2) is 0 Å². The summed E-state index contributed by atoms with van der Waals surface area (Å²) in [6.45, 7) is 2.13. The molecule has 8 nitrogen and oxygen atoms in total. The summed E-state index contributed by atoms with van der Waals surface area (Å²) in [7, 11) is 1.70. The summed E-state index contributed by atoms with van der Waals surface area (Å²) in [5, 5.41) is 26.9. The molecule has 0 saturated carbocycles. The number of rotatable bonds is 5. The Morgan fingerprint density at radius 1 is 1.34 bits per heavy atom. The van der Waals surface area contributed by atoms with E-state index in [0.29, 0.717) is 18.1 Å². The van der Waals surface area contributed by atoms with Gasteiger partial charge in [-0.15, -0.1) is 0 Å². The highest BCUT2D eigenvalue weighted by Gasteiger charge is 2.22. The van der Waals surface area contributed by atoms with Crippen molar-refractivity contribution in [2.75, 3.05) is 25.0 Å². The van der Waals surface area contributed by atoms with E-state index >= 15 is 0 Å². The summed E-state index contributed by atoms with van der Waals surface area (Å²) in [6, 6.07) is 16.7. The third-order valence-electron chi connectivity index (χ3n) is 4.93. The number of anilines is 1. The molecule has 2 aromatic rings. The van der Waals surface area contributed by atoms with Crippen molar-refractivity contribution in [2.45, 2.75) is 25.4 Å². The number of non-ortho nitro benzene ring substituents is 1. The van der Waals surface area contributed by atoms with E-state index < -0.39 is 4.92 Å². The number of nitrogens with zero attached hydrogens (tertiary/aromatic N) is 4. The Kier molecular flexibility index (Phi) is 6.63. The molecule has 0 aliphatic carbocycles. The van der Waals surface area contributed by atoms with Crippen molar-refractivity contribution in [1.29, 1.82) is 5.26 Å². The lowest BCUT2D eigenvalue weighted by Crippen LogP contribution is -2.51. The number of aliphatic imine (C=N–C) groups is 1. The van der Waals surface area contributed by atoms with E-state index in [9.17, 15) is 15.4 Å². The van der Waals surface area contributed by atoms with Gasteiger partial charge in [0.25, 0.3) is 5.69 Å². The number of nitrogens with one attached hydrogen (secondary N) is 2. The normalized spacial score (nSPS) is 16.8. The largest absolute Gasteiger partial charge is 0.368 e. The van der Waals surface area contributed by atoms with Crippen LogP contribution >= 0.6 is 0 Å². The number of piperidine rings is 1. The summed E-state index contributed by atoms with van der Waals surface area (Å²) < 4.78 is 0. The lowest BCUT2D eigenvalue weighted by Gasteiger charge is -2.35. The van der Waals surface area contributed by atoms with Crippen LogP contribution in [0.15, 0.2) is 53.5 Å². The van der Waals surface area contributed by atoms with Crippen LogP contribution in [0.25, 0.3) is 0 Å². The van der Waals surface area contributed by atoms with Crippen LogP contribution in [0.4, 0.5) is 11.4 Å². The molecule has 0 amide bonds. The van der Waals surface area contributed by atoms with Crippen molar-refractivity contribution >= 4 is 17.3 Å². The lowest BCUT2D eigenvalue weighted by molar-refractivity contribution is -0.384. The maximum absolute atomic E-state index is 10.9. The van der Waals surface area contributed by atoms with Gasteiger partial charge in [-0.3, -0.25) is 15.1 Å². The van der Waals surface area contributed by atoms with Crippen LogP contribution in [0.2, 0.25) is 0 Å². The quantitative estimate of drug-likeness (QED) is 0.351. The molecule has 1 aliphatic rings. The molecule has 0 bridgehead atoms. The van der Waals surface area contributed by atoms with E-state index in [-0.39, 0.29) is 11.7 Å². The van der Waals surface area contributed by atoms with Crippen molar-refractivity contribution in [1.82, 2.24) is 10.6 Å². The van der Waals surface area contributed by atoms with Crippen molar-refractivity contribution in [2.24, 2.45) is 4.99 Å². The molecular weight excluding hydrogens is 368 g/mol. The minimum Gasteiger partial charge on any atom is -0.368 e. The smallest absolute Gasteiger partial charge is 0.269 e. The van der Waals surface area contributed by atoms with Gasteiger partial charge in [0.1, 0.15) is 6.07 Å². The maximum atomic E-state index is 10.9. The highest BCUT2D eigenvalue weighted by molar-refractivity contribution is 5.80. The average Bonchev–Trinajstić information content (AvgIpc) is 2.77. The Bertz CT molecular complexity index is 937. The third-order valence-corrected chi connectivity index (χ3v) is 4.93. The van der Waals surface area contributed by atoms with Gasteiger partial charge in [0.2, 0.25) is 0 Å². The number of guanidine groups is 1. The van der Waals surface area contributed by atoms with Crippen LogP contribution in [-0.2, 0) is 6.54 Å². The number of nitro groups is 1. The Morgan fingerprint density at radius 3 is 2.93 bits per heavy atom. The zero-order valence-electron chi connectivity index (χ0n) is 16.3. The average molecular weight is 392 g/mol. The van der Waals surface area contributed by atoms with Crippen LogP contribution in [0.3, 0.4) is 0 Å². The van der Waals surface area contributed by atoms with E-state index in [1.165, 1.54) is 6.07 Å². The van der Waals surface area contributed by atoms with Gasteiger partial charge in [-0.1, -0.05) is 24.3 Å². The van der Waals surface area contributed by atoms with Crippen molar-refractivity contribution < 1.29 is 4.92 Å². The zero-order chi connectivity index (χ0) is 20.6. The van der Waals surface area contributed by atoms with Gasteiger partial charge in [0, 0.05) is 44.9 Å². The minimum atomic E-state index is -0.397. The molecule has 29 heavy (non-hydrogen) atoms. The van der Waals surface area contributed by atoms with Crippen LogP contribution in [0.5, 0.6) is 0 Å². The van der Waals surface area contributed by atoms with E-state index in [0.717, 1.165) is 37.2 Å². The fourth-order valence-electron chi connectivity index (χ4n) is 3.51. The van der Waals surface area contributed by atoms with Crippen molar-refractivity contribution in [3.63, 3.8) is 0 Å². The Labute approximate surface area is 170 Å².